The molecule has 2 rings (SSSR count). The van der Waals surface area contributed by atoms with Gasteiger partial charge in [0.2, 0.25) is 10.0 Å². The highest BCUT2D eigenvalue weighted by molar-refractivity contribution is 7.89. The molecule has 0 radical (unpaired) electrons. The molecule has 1 atom stereocenters. The van der Waals surface area contributed by atoms with Gasteiger partial charge in [0.1, 0.15) is 5.82 Å². The lowest BCUT2D eigenvalue weighted by molar-refractivity contribution is 0.564. The van der Waals surface area contributed by atoms with Gasteiger partial charge in [-0.3, -0.25) is 4.98 Å². The zero-order valence-electron chi connectivity index (χ0n) is 12.1. The molecule has 0 fully saturated rings. The van der Waals surface area contributed by atoms with Gasteiger partial charge in [-0.05, 0) is 61.7 Å². The number of hydrogen-bond acceptors (Lipinski definition) is 3. The number of pyridine rings is 1. The number of benzene rings is 1. The highest BCUT2D eigenvalue weighted by Crippen LogP contribution is 2.23. The van der Waals surface area contributed by atoms with Gasteiger partial charge in [0.05, 0.1) is 4.90 Å². The van der Waals surface area contributed by atoms with Gasteiger partial charge in [0.15, 0.2) is 0 Å². The zero-order valence-corrected chi connectivity index (χ0v) is 12.9. The molecule has 1 N–H and O–H groups in total. The van der Waals surface area contributed by atoms with E-state index in [9.17, 15) is 12.8 Å². The van der Waals surface area contributed by atoms with Crippen molar-refractivity contribution in [2.75, 3.05) is 0 Å². The largest absolute Gasteiger partial charge is 0.265 e. The second-order valence-corrected chi connectivity index (χ2v) is 6.64. The third-order valence-corrected chi connectivity index (χ3v) is 5.08. The highest BCUT2D eigenvalue weighted by atomic mass is 32.2. The molecule has 1 unspecified atom stereocenters. The Morgan fingerprint density at radius 3 is 2.19 bits per heavy atom. The summed E-state index contributed by atoms with van der Waals surface area (Å²) in [5, 5.41) is 0. The van der Waals surface area contributed by atoms with Crippen molar-refractivity contribution in [1.82, 2.24) is 9.71 Å². The highest BCUT2D eigenvalue weighted by Gasteiger charge is 2.23. The van der Waals surface area contributed by atoms with Crippen LogP contribution in [0.5, 0.6) is 0 Å². The molecule has 21 heavy (non-hydrogen) atoms. The van der Waals surface area contributed by atoms with Crippen LogP contribution in [0.4, 0.5) is 4.39 Å². The standard InChI is InChI=1S/C15H17FN2O2S/c1-10-8-14(16)9-11(2)15(10)21(19,20)18-12(3)13-4-6-17-7-5-13/h4-9,12,18H,1-3H3. The lowest BCUT2D eigenvalue weighted by Gasteiger charge is -2.17. The van der Waals surface area contributed by atoms with Crippen LogP contribution in [0.25, 0.3) is 0 Å². The molecule has 0 aliphatic carbocycles. The van der Waals surface area contributed by atoms with Gasteiger partial charge in [0.25, 0.3) is 0 Å². The van der Waals surface area contributed by atoms with Crippen LogP contribution in [0.2, 0.25) is 0 Å². The van der Waals surface area contributed by atoms with Gasteiger partial charge < -0.3 is 0 Å². The summed E-state index contributed by atoms with van der Waals surface area (Å²) >= 11 is 0. The number of sulfonamides is 1. The average molecular weight is 308 g/mol. The van der Waals surface area contributed by atoms with Crippen molar-refractivity contribution >= 4 is 10.0 Å². The van der Waals surface area contributed by atoms with Crippen LogP contribution in [0.15, 0.2) is 41.6 Å². The topological polar surface area (TPSA) is 59.1 Å². The minimum absolute atomic E-state index is 0.129. The van der Waals surface area contributed by atoms with E-state index in [0.29, 0.717) is 11.1 Å². The first-order chi connectivity index (χ1) is 9.81. The second kappa shape index (κ2) is 5.91. The van der Waals surface area contributed by atoms with E-state index in [-0.39, 0.29) is 4.90 Å². The summed E-state index contributed by atoms with van der Waals surface area (Å²) in [4.78, 5) is 4.03. The SMILES string of the molecule is Cc1cc(F)cc(C)c1S(=O)(=O)NC(C)c1ccncc1. The number of rotatable bonds is 4. The third kappa shape index (κ3) is 3.46. The molecule has 0 aliphatic heterocycles. The third-order valence-electron chi connectivity index (χ3n) is 3.23. The van der Waals surface area contributed by atoms with Crippen molar-refractivity contribution in [1.29, 1.82) is 0 Å². The Labute approximate surface area is 124 Å². The summed E-state index contributed by atoms with van der Waals surface area (Å²) in [7, 11) is -3.72. The van der Waals surface area contributed by atoms with E-state index in [2.05, 4.69) is 9.71 Å². The van der Waals surface area contributed by atoms with Crippen molar-refractivity contribution < 1.29 is 12.8 Å². The van der Waals surface area contributed by atoms with Crippen LogP contribution in [0.3, 0.4) is 0 Å². The van der Waals surface area contributed by atoms with Crippen molar-refractivity contribution in [2.24, 2.45) is 0 Å². The monoisotopic (exact) mass is 308 g/mol. The van der Waals surface area contributed by atoms with Gasteiger partial charge in [0, 0.05) is 18.4 Å². The van der Waals surface area contributed by atoms with Crippen molar-refractivity contribution in [3.8, 4) is 0 Å². The van der Waals surface area contributed by atoms with E-state index in [0.717, 1.165) is 5.56 Å². The molecule has 112 valence electrons. The Kier molecular flexibility index (Phi) is 4.39. The lowest BCUT2D eigenvalue weighted by Crippen LogP contribution is -2.28. The predicted molar refractivity (Wildman–Crippen MR) is 78.8 cm³/mol. The lowest BCUT2D eigenvalue weighted by atomic mass is 10.1. The van der Waals surface area contributed by atoms with Crippen LogP contribution in [-0.2, 0) is 10.0 Å². The van der Waals surface area contributed by atoms with E-state index >= 15 is 0 Å². The van der Waals surface area contributed by atoms with Crippen molar-refractivity contribution in [3.05, 3.63) is 59.2 Å². The van der Waals surface area contributed by atoms with E-state index in [1.165, 1.54) is 12.1 Å². The maximum absolute atomic E-state index is 13.3. The van der Waals surface area contributed by atoms with Crippen LogP contribution in [0.1, 0.15) is 29.7 Å². The number of nitrogens with one attached hydrogen (secondary N) is 1. The van der Waals surface area contributed by atoms with Gasteiger partial charge in [-0.15, -0.1) is 0 Å². The minimum Gasteiger partial charge on any atom is -0.265 e. The van der Waals surface area contributed by atoms with Gasteiger partial charge in [-0.25, -0.2) is 17.5 Å². The van der Waals surface area contributed by atoms with E-state index in [1.807, 2.05) is 0 Å². The fourth-order valence-corrected chi connectivity index (χ4v) is 4.02. The summed E-state index contributed by atoms with van der Waals surface area (Å²) in [5.41, 5.74) is 1.59. The fraction of sp³-hybridized carbons (Fsp3) is 0.267. The molecule has 4 nitrogen and oxygen atoms in total. The summed E-state index contributed by atoms with van der Waals surface area (Å²) < 4.78 is 41.0. The molecule has 0 bridgehead atoms. The Morgan fingerprint density at radius 2 is 1.67 bits per heavy atom. The summed E-state index contributed by atoms with van der Waals surface area (Å²) in [5.74, 6) is -0.439. The van der Waals surface area contributed by atoms with E-state index in [1.54, 1.807) is 45.3 Å². The summed E-state index contributed by atoms with van der Waals surface area (Å²) in [6, 6.07) is 5.54. The van der Waals surface area contributed by atoms with Crippen LogP contribution in [0, 0.1) is 19.7 Å². The van der Waals surface area contributed by atoms with Crippen LogP contribution >= 0.6 is 0 Å². The first kappa shape index (κ1) is 15.6. The van der Waals surface area contributed by atoms with Gasteiger partial charge >= 0.3 is 0 Å². The van der Waals surface area contributed by atoms with E-state index in [4.69, 9.17) is 0 Å². The quantitative estimate of drug-likeness (QED) is 0.945. The normalized spacial score (nSPS) is 13.1. The second-order valence-electron chi connectivity index (χ2n) is 4.99. The molecular formula is C15H17FN2O2S. The fourth-order valence-electron chi connectivity index (χ4n) is 2.33. The number of aromatic nitrogens is 1. The maximum Gasteiger partial charge on any atom is 0.241 e. The first-order valence-corrected chi connectivity index (χ1v) is 7.98. The smallest absolute Gasteiger partial charge is 0.241 e. The Morgan fingerprint density at radius 1 is 1.14 bits per heavy atom. The van der Waals surface area contributed by atoms with Crippen molar-refractivity contribution in [3.63, 3.8) is 0 Å². The molecule has 6 heteroatoms. The number of aryl methyl sites for hydroxylation is 2. The van der Waals surface area contributed by atoms with Crippen LogP contribution in [-0.4, -0.2) is 13.4 Å². The Hall–Kier alpha value is -1.79. The molecular weight excluding hydrogens is 291 g/mol. The van der Waals surface area contributed by atoms with E-state index < -0.39 is 21.9 Å². The van der Waals surface area contributed by atoms with Crippen LogP contribution < -0.4 is 4.72 Å². The number of nitrogens with zero attached hydrogens (tertiary/aromatic N) is 1. The average Bonchev–Trinajstić information content (AvgIpc) is 2.37. The first-order valence-electron chi connectivity index (χ1n) is 6.50. The predicted octanol–water partition coefficient (Wildman–Crippen LogP) is 2.88. The molecule has 0 amide bonds. The Bertz CT molecular complexity index is 723. The summed E-state index contributed by atoms with van der Waals surface area (Å²) in [6.07, 6.45) is 3.21. The minimum atomic E-state index is -3.72. The molecule has 1 heterocycles. The molecule has 0 spiro atoms. The molecule has 0 aliphatic rings. The van der Waals surface area contributed by atoms with Gasteiger partial charge in [-0.2, -0.15) is 0 Å². The van der Waals surface area contributed by atoms with Crippen molar-refractivity contribution in [2.45, 2.75) is 31.7 Å². The molecule has 0 saturated carbocycles. The zero-order chi connectivity index (χ0) is 15.6. The van der Waals surface area contributed by atoms with Gasteiger partial charge in [-0.1, -0.05) is 0 Å². The maximum atomic E-state index is 13.3. The summed E-state index contributed by atoms with van der Waals surface area (Å²) in [6.45, 7) is 4.92. The molecule has 2 aromatic rings. The molecule has 1 aromatic carbocycles. The number of halogens is 1. The number of hydrogen-bond donors (Lipinski definition) is 1. The molecule has 1 aromatic heterocycles. The molecule has 0 saturated heterocycles. The Balaban J connectivity index is 2.36.